The molecule has 0 unspecified atom stereocenters. The highest BCUT2D eigenvalue weighted by molar-refractivity contribution is 7.20. The predicted molar refractivity (Wildman–Crippen MR) is 120 cm³/mol. The number of hydrogen-bond donors (Lipinski definition) is 1. The third kappa shape index (κ3) is 3.94. The van der Waals surface area contributed by atoms with Crippen LogP contribution in [-0.2, 0) is 13.7 Å². The van der Waals surface area contributed by atoms with Crippen LogP contribution in [0.5, 0.6) is 5.75 Å². The largest absolute Gasteiger partial charge is 0.489 e. The minimum atomic E-state index is -0.276. The number of hydrogen-bond acceptors (Lipinski definition) is 5. The maximum atomic E-state index is 12.8. The lowest BCUT2D eigenvalue weighted by atomic mass is 10.2. The van der Waals surface area contributed by atoms with Crippen molar-refractivity contribution in [3.63, 3.8) is 0 Å². The zero-order chi connectivity index (χ0) is 21.3. The van der Waals surface area contributed by atoms with E-state index >= 15 is 0 Å². The summed E-state index contributed by atoms with van der Waals surface area (Å²) in [6.07, 6.45) is 1.46. The van der Waals surface area contributed by atoms with Crippen molar-refractivity contribution in [3.8, 4) is 5.75 Å². The Morgan fingerprint density at radius 1 is 1.20 bits per heavy atom. The number of nitrogens with one attached hydrogen (secondary N) is 1. The van der Waals surface area contributed by atoms with Crippen molar-refractivity contribution in [1.82, 2.24) is 9.55 Å². The fourth-order valence-corrected chi connectivity index (χ4v) is 4.25. The zero-order valence-electron chi connectivity index (χ0n) is 16.3. The minimum Gasteiger partial charge on any atom is -0.489 e. The standard InChI is InChI=1S/C22H18ClN3O3S/c1-13-18-21(24-12-26(2)22(18)28)30-19(13)20(27)25-15-7-9-16(10-8-15)29-11-14-5-3-4-6-17(14)23/h3-10,12H,11H2,1-2H3,(H,25,27). The summed E-state index contributed by atoms with van der Waals surface area (Å²) < 4.78 is 7.17. The SMILES string of the molecule is Cc1c(C(=O)Nc2ccc(OCc3ccccc3Cl)cc2)sc2ncn(C)c(=O)c12. The number of fused-ring (bicyclic) bond motifs is 1. The number of rotatable bonds is 5. The van der Waals surface area contributed by atoms with Crippen LogP contribution in [0.2, 0.25) is 5.02 Å². The van der Waals surface area contributed by atoms with Gasteiger partial charge in [-0.05, 0) is 42.8 Å². The van der Waals surface area contributed by atoms with Gasteiger partial charge in [0.1, 0.15) is 17.2 Å². The molecule has 0 aliphatic heterocycles. The molecular formula is C22H18ClN3O3S. The predicted octanol–water partition coefficient (Wildman–Crippen LogP) is 4.79. The van der Waals surface area contributed by atoms with Crippen molar-refractivity contribution in [2.24, 2.45) is 7.05 Å². The maximum Gasteiger partial charge on any atom is 0.266 e. The Bertz CT molecular complexity index is 1300. The molecule has 0 atom stereocenters. The molecule has 1 N–H and O–H groups in total. The number of aromatic nitrogens is 2. The van der Waals surface area contributed by atoms with Crippen LogP contribution < -0.4 is 15.6 Å². The molecule has 2 aromatic carbocycles. The molecule has 0 aliphatic rings. The number of amides is 1. The molecule has 2 heterocycles. The molecule has 152 valence electrons. The number of carbonyl (C=O) groups is 1. The summed E-state index contributed by atoms with van der Waals surface area (Å²) in [5.41, 5.74) is 2.01. The zero-order valence-corrected chi connectivity index (χ0v) is 17.9. The Morgan fingerprint density at radius 2 is 1.93 bits per heavy atom. The summed E-state index contributed by atoms with van der Waals surface area (Å²) in [6.45, 7) is 2.12. The van der Waals surface area contributed by atoms with E-state index in [2.05, 4.69) is 10.3 Å². The number of ether oxygens (including phenoxy) is 1. The molecule has 0 saturated carbocycles. The van der Waals surface area contributed by atoms with Crippen molar-refractivity contribution in [2.75, 3.05) is 5.32 Å². The van der Waals surface area contributed by atoms with Crippen molar-refractivity contribution >= 4 is 44.7 Å². The molecule has 4 rings (SSSR count). The van der Waals surface area contributed by atoms with Crippen molar-refractivity contribution < 1.29 is 9.53 Å². The van der Waals surface area contributed by atoms with Gasteiger partial charge in [0.25, 0.3) is 11.5 Å². The summed E-state index contributed by atoms with van der Waals surface area (Å²) in [4.78, 5) is 30.4. The third-order valence-corrected chi connectivity index (χ3v) is 6.25. The van der Waals surface area contributed by atoms with E-state index in [1.54, 1.807) is 38.2 Å². The van der Waals surface area contributed by atoms with Gasteiger partial charge in [0, 0.05) is 23.3 Å². The van der Waals surface area contributed by atoms with Gasteiger partial charge in [0.05, 0.1) is 16.6 Å². The van der Waals surface area contributed by atoms with E-state index in [0.717, 1.165) is 5.56 Å². The van der Waals surface area contributed by atoms with Gasteiger partial charge in [-0.2, -0.15) is 0 Å². The summed E-state index contributed by atoms with van der Waals surface area (Å²) in [7, 11) is 1.64. The average Bonchev–Trinajstić information content (AvgIpc) is 3.08. The van der Waals surface area contributed by atoms with Crippen LogP contribution in [0, 0.1) is 6.92 Å². The van der Waals surface area contributed by atoms with Crippen LogP contribution in [0.3, 0.4) is 0 Å². The fourth-order valence-electron chi connectivity index (χ4n) is 3.02. The maximum absolute atomic E-state index is 12.8. The Morgan fingerprint density at radius 3 is 2.67 bits per heavy atom. The number of aryl methyl sites for hydroxylation is 2. The molecule has 4 aromatic rings. The topological polar surface area (TPSA) is 73.2 Å². The van der Waals surface area contributed by atoms with Gasteiger partial charge in [0.15, 0.2) is 0 Å². The van der Waals surface area contributed by atoms with Gasteiger partial charge in [-0.3, -0.25) is 9.59 Å². The quantitative estimate of drug-likeness (QED) is 0.485. The first kappa shape index (κ1) is 20.1. The highest BCUT2D eigenvalue weighted by atomic mass is 35.5. The first-order valence-corrected chi connectivity index (χ1v) is 10.4. The lowest BCUT2D eigenvalue weighted by Crippen LogP contribution is -2.17. The second-order valence-electron chi connectivity index (χ2n) is 6.76. The lowest BCUT2D eigenvalue weighted by Gasteiger charge is -2.09. The average molecular weight is 440 g/mol. The fraction of sp³-hybridized carbons (Fsp3) is 0.136. The highest BCUT2D eigenvalue weighted by Crippen LogP contribution is 2.28. The molecule has 0 spiro atoms. The molecule has 6 nitrogen and oxygen atoms in total. The molecule has 8 heteroatoms. The van der Waals surface area contributed by atoms with Gasteiger partial charge in [-0.1, -0.05) is 29.8 Å². The monoisotopic (exact) mass is 439 g/mol. The molecule has 30 heavy (non-hydrogen) atoms. The minimum absolute atomic E-state index is 0.159. The van der Waals surface area contributed by atoms with E-state index < -0.39 is 0 Å². The van der Waals surface area contributed by atoms with Crippen LogP contribution in [-0.4, -0.2) is 15.5 Å². The van der Waals surface area contributed by atoms with Crippen molar-refractivity contribution in [1.29, 1.82) is 0 Å². The Hall–Kier alpha value is -3.16. The molecule has 0 radical (unpaired) electrons. The van der Waals surface area contributed by atoms with Crippen LogP contribution >= 0.6 is 22.9 Å². The lowest BCUT2D eigenvalue weighted by molar-refractivity contribution is 0.103. The number of nitrogens with zero attached hydrogens (tertiary/aromatic N) is 2. The summed E-state index contributed by atoms with van der Waals surface area (Å²) in [5, 5.41) is 4.00. The van der Waals surface area contributed by atoms with E-state index in [4.69, 9.17) is 16.3 Å². The second-order valence-corrected chi connectivity index (χ2v) is 8.16. The number of halogens is 1. The van der Waals surface area contributed by atoms with Crippen LogP contribution in [0.4, 0.5) is 5.69 Å². The smallest absolute Gasteiger partial charge is 0.266 e. The Balaban J connectivity index is 1.47. The summed E-state index contributed by atoms with van der Waals surface area (Å²) in [6, 6.07) is 14.6. The number of thiophene rings is 1. The molecule has 0 bridgehead atoms. The van der Waals surface area contributed by atoms with Gasteiger partial charge < -0.3 is 14.6 Å². The molecule has 2 aromatic heterocycles. The second kappa shape index (κ2) is 8.30. The Labute approximate surface area is 181 Å². The number of carbonyl (C=O) groups excluding carboxylic acids is 1. The molecule has 0 aliphatic carbocycles. The summed E-state index contributed by atoms with van der Waals surface area (Å²) in [5.74, 6) is 0.390. The van der Waals surface area contributed by atoms with Gasteiger partial charge in [-0.25, -0.2) is 4.98 Å². The molecule has 0 fully saturated rings. The van der Waals surface area contributed by atoms with Crippen LogP contribution in [0.25, 0.3) is 10.2 Å². The Kier molecular flexibility index (Phi) is 5.57. The van der Waals surface area contributed by atoms with Gasteiger partial charge >= 0.3 is 0 Å². The highest BCUT2D eigenvalue weighted by Gasteiger charge is 2.19. The van der Waals surface area contributed by atoms with E-state index in [1.165, 1.54) is 22.2 Å². The van der Waals surface area contributed by atoms with Crippen LogP contribution in [0.1, 0.15) is 20.8 Å². The van der Waals surface area contributed by atoms with E-state index in [-0.39, 0.29) is 11.5 Å². The first-order valence-electron chi connectivity index (χ1n) is 9.16. The number of anilines is 1. The van der Waals surface area contributed by atoms with Crippen LogP contribution in [0.15, 0.2) is 59.7 Å². The summed E-state index contributed by atoms with van der Waals surface area (Å²) >= 11 is 7.35. The van der Waals surface area contributed by atoms with E-state index in [1.807, 2.05) is 24.3 Å². The van der Waals surface area contributed by atoms with Gasteiger partial charge in [-0.15, -0.1) is 11.3 Å². The molecular weight excluding hydrogens is 422 g/mol. The van der Waals surface area contributed by atoms with Gasteiger partial charge in [0.2, 0.25) is 0 Å². The molecule has 1 amide bonds. The normalized spacial score (nSPS) is 10.9. The van der Waals surface area contributed by atoms with E-state index in [9.17, 15) is 9.59 Å². The third-order valence-electron chi connectivity index (χ3n) is 4.68. The number of benzene rings is 2. The van der Waals surface area contributed by atoms with Crippen molar-refractivity contribution in [2.45, 2.75) is 13.5 Å². The van der Waals surface area contributed by atoms with Crippen molar-refractivity contribution in [3.05, 3.63) is 86.2 Å². The molecule has 0 saturated heterocycles. The van der Waals surface area contributed by atoms with E-state index in [0.29, 0.717) is 43.7 Å². The first-order chi connectivity index (χ1) is 14.4.